The Labute approximate surface area is 312 Å². The Morgan fingerprint density at radius 2 is 1.46 bits per heavy atom. The molecule has 0 unspecified atom stereocenters. The van der Waals surface area contributed by atoms with Gasteiger partial charge in [0, 0.05) is 42.4 Å². The van der Waals surface area contributed by atoms with Gasteiger partial charge in [-0.2, -0.15) is 0 Å². The van der Waals surface area contributed by atoms with Crippen molar-refractivity contribution in [1.82, 2.24) is 10.2 Å². The van der Waals surface area contributed by atoms with Crippen LogP contribution in [0.4, 0.5) is 17.6 Å². The van der Waals surface area contributed by atoms with Gasteiger partial charge in [-0.15, -0.1) is 0 Å². The monoisotopic (exact) mass is 738 g/mol. The highest BCUT2D eigenvalue weighted by molar-refractivity contribution is 6.14. The lowest BCUT2D eigenvalue weighted by Gasteiger charge is -2.44. The molecule has 0 bridgehead atoms. The van der Waals surface area contributed by atoms with Crippen molar-refractivity contribution in [3.05, 3.63) is 141 Å². The molecule has 7 rings (SSSR count). The SMILES string of the molecule is CCc1ccc2c(c1)CCC1(CCN(CCOc3ccc(C(=O)NC4C/C(=C\c5ccc(F)c(F)c5)C(=O)/C(=C/c5ccc(F)c(F)c5)C4)cc3)CC1)O2. The van der Waals surface area contributed by atoms with Crippen LogP contribution in [0.1, 0.15) is 71.6 Å². The molecule has 4 aromatic rings. The van der Waals surface area contributed by atoms with E-state index in [1.807, 2.05) is 0 Å². The number of hydrogen-bond donors (Lipinski definition) is 1. The van der Waals surface area contributed by atoms with Crippen LogP contribution in [0.2, 0.25) is 0 Å². The molecule has 0 aromatic heterocycles. The maximum absolute atomic E-state index is 14.0. The van der Waals surface area contributed by atoms with E-state index in [-0.39, 0.29) is 52.4 Å². The minimum absolute atomic E-state index is 0.0959. The van der Waals surface area contributed by atoms with E-state index >= 15 is 0 Å². The quantitative estimate of drug-likeness (QED) is 0.138. The highest BCUT2D eigenvalue weighted by Gasteiger charge is 2.39. The molecule has 2 aliphatic heterocycles. The second kappa shape index (κ2) is 16.0. The topological polar surface area (TPSA) is 67.9 Å². The van der Waals surface area contributed by atoms with E-state index in [0.717, 1.165) is 81.8 Å². The van der Waals surface area contributed by atoms with E-state index in [2.05, 4.69) is 35.3 Å². The fraction of sp³-hybridized carbons (Fsp3) is 0.318. The van der Waals surface area contributed by atoms with Crippen molar-refractivity contribution in [2.24, 2.45) is 0 Å². The molecule has 3 aliphatic rings. The van der Waals surface area contributed by atoms with Crippen LogP contribution < -0.4 is 14.8 Å². The molecule has 54 heavy (non-hydrogen) atoms. The van der Waals surface area contributed by atoms with Crippen molar-refractivity contribution in [2.75, 3.05) is 26.2 Å². The summed E-state index contributed by atoms with van der Waals surface area (Å²) in [6, 6.07) is 19.4. The number of ketones is 1. The van der Waals surface area contributed by atoms with Crippen molar-refractivity contribution in [1.29, 1.82) is 0 Å². The minimum atomic E-state index is -1.06. The highest BCUT2D eigenvalue weighted by atomic mass is 19.2. The molecular formula is C44H42F4N2O4. The van der Waals surface area contributed by atoms with Gasteiger partial charge in [0.05, 0.1) is 0 Å². The van der Waals surface area contributed by atoms with E-state index in [4.69, 9.17) is 9.47 Å². The first-order valence-electron chi connectivity index (χ1n) is 18.5. The molecule has 1 N–H and O–H groups in total. The maximum atomic E-state index is 14.0. The third-order valence-electron chi connectivity index (χ3n) is 10.7. The molecule has 4 aromatic carbocycles. The lowest BCUT2D eigenvalue weighted by atomic mass is 9.83. The normalized spacial score (nSPS) is 19.8. The minimum Gasteiger partial charge on any atom is -0.492 e. The first-order valence-corrected chi connectivity index (χ1v) is 18.5. The molecule has 1 saturated carbocycles. The average Bonchev–Trinajstić information content (AvgIpc) is 3.17. The predicted molar refractivity (Wildman–Crippen MR) is 199 cm³/mol. The largest absolute Gasteiger partial charge is 0.492 e. The third-order valence-corrected chi connectivity index (χ3v) is 10.7. The number of likely N-dealkylation sites (tertiary alicyclic amines) is 1. The zero-order chi connectivity index (χ0) is 37.8. The summed E-state index contributed by atoms with van der Waals surface area (Å²) in [5, 5.41) is 2.97. The Morgan fingerprint density at radius 3 is 2.06 bits per heavy atom. The van der Waals surface area contributed by atoms with Crippen molar-refractivity contribution in [3.8, 4) is 11.5 Å². The van der Waals surface area contributed by atoms with E-state index in [1.165, 1.54) is 35.4 Å². The van der Waals surface area contributed by atoms with Crippen LogP contribution in [0.25, 0.3) is 12.2 Å². The van der Waals surface area contributed by atoms with Crippen LogP contribution in [-0.2, 0) is 17.6 Å². The first kappa shape index (κ1) is 37.1. The molecule has 0 radical (unpaired) electrons. The lowest BCUT2D eigenvalue weighted by molar-refractivity contribution is -0.113. The Kier molecular flexibility index (Phi) is 11.0. The Bertz CT molecular complexity index is 2030. The van der Waals surface area contributed by atoms with Crippen LogP contribution >= 0.6 is 0 Å². The maximum Gasteiger partial charge on any atom is 0.251 e. The summed E-state index contributed by atoms with van der Waals surface area (Å²) in [4.78, 5) is 29.3. The average molecular weight is 739 g/mol. The van der Waals surface area contributed by atoms with Crippen LogP contribution in [0, 0.1) is 23.3 Å². The summed E-state index contributed by atoms with van der Waals surface area (Å²) in [7, 11) is 0. The number of nitrogens with one attached hydrogen (secondary N) is 1. The summed E-state index contributed by atoms with van der Waals surface area (Å²) >= 11 is 0. The van der Waals surface area contributed by atoms with Gasteiger partial charge in [-0.3, -0.25) is 14.5 Å². The third kappa shape index (κ3) is 8.60. The van der Waals surface area contributed by atoms with Crippen molar-refractivity contribution in [3.63, 3.8) is 0 Å². The fourth-order valence-electron chi connectivity index (χ4n) is 7.55. The van der Waals surface area contributed by atoms with Gasteiger partial charge in [0.2, 0.25) is 0 Å². The Morgan fingerprint density at radius 1 is 0.833 bits per heavy atom. The molecular weight excluding hydrogens is 696 g/mol. The van der Waals surface area contributed by atoms with Crippen molar-refractivity contribution in [2.45, 2.75) is 63.5 Å². The molecule has 1 aliphatic carbocycles. The number of amides is 1. The zero-order valence-electron chi connectivity index (χ0n) is 30.1. The van der Waals surface area contributed by atoms with Crippen molar-refractivity contribution < 1.29 is 36.6 Å². The number of carbonyl (C=O) groups excluding carboxylic acids is 2. The second-order valence-corrected chi connectivity index (χ2v) is 14.4. The molecule has 2 fully saturated rings. The molecule has 280 valence electrons. The number of fused-ring (bicyclic) bond motifs is 1. The first-order chi connectivity index (χ1) is 26.1. The van der Waals surface area contributed by atoms with Gasteiger partial charge in [-0.1, -0.05) is 31.2 Å². The smallest absolute Gasteiger partial charge is 0.251 e. The molecule has 10 heteroatoms. The molecule has 1 spiro atoms. The Balaban J connectivity index is 0.942. The molecule has 2 heterocycles. The molecule has 1 amide bonds. The van der Waals surface area contributed by atoms with E-state index in [0.29, 0.717) is 17.9 Å². The number of carbonyl (C=O) groups is 2. The predicted octanol–water partition coefficient (Wildman–Crippen LogP) is 8.67. The van der Waals surface area contributed by atoms with Gasteiger partial charge in [-0.25, -0.2) is 17.6 Å². The van der Waals surface area contributed by atoms with Crippen LogP contribution in [0.5, 0.6) is 11.5 Å². The number of hydrogen-bond acceptors (Lipinski definition) is 5. The second-order valence-electron chi connectivity index (χ2n) is 14.4. The summed E-state index contributed by atoms with van der Waals surface area (Å²) in [6.45, 7) is 5.32. The molecule has 6 nitrogen and oxygen atoms in total. The number of aryl methyl sites for hydroxylation is 2. The lowest BCUT2D eigenvalue weighted by Crippen LogP contribution is -2.50. The standard InChI is InChI=1S/C44H42F4N2O4/c1-2-28-5-12-41-32(21-28)13-14-44(54-41)15-17-50(18-16-44)19-20-53-36-8-6-31(7-9-36)43(52)49-35-26-33(22-29-3-10-37(45)39(47)24-29)42(51)34(27-35)23-30-4-11-38(46)40(48)25-30/h3-12,21-25,35H,2,13-20,26-27H2,1H3,(H,49,52)/b33-22+,34-23+. The van der Waals surface area contributed by atoms with E-state index in [9.17, 15) is 27.2 Å². The van der Waals surface area contributed by atoms with Gasteiger partial charge >= 0.3 is 0 Å². The number of ether oxygens (including phenoxy) is 2. The van der Waals surface area contributed by atoms with Crippen LogP contribution in [0.3, 0.4) is 0 Å². The van der Waals surface area contributed by atoms with Crippen LogP contribution in [-0.4, -0.2) is 54.5 Å². The zero-order valence-corrected chi connectivity index (χ0v) is 30.1. The summed E-state index contributed by atoms with van der Waals surface area (Å²) < 4.78 is 67.7. The highest BCUT2D eigenvalue weighted by Crippen LogP contribution is 2.40. The van der Waals surface area contributed by atoms with Gasteiger partial charge in [0.15, 0.2) is 29.1 Å². The number of piperidine rings is 1. The summed E-state index contributed by atoms with van der Waals surface area (Å²) in [6.07, 6.45) is 8.21. The van der Waals surface area contributed by atoms with Crippen LogP contribution in [0.15, 0.2) is 90.0 Å². The van der Waals surface area contributed by atoms with Gasteiger partial charge in [0.25, 0.3) is 5.91 Å². The van der Waals surface area contributed by atoms with E-state index in [1.54, 1.807) is 24.3 Å². The Hall–Kier alpha value is -5.22. The van der Waals surface area contributed by atoms with E-state index < -0.39 is 29.3 Å². The number of nitrogens with zero attached hydrogens (tertiary/aromatic N) is 1. The number of halogens is 4. The molecule has 0 atom stereocenters. The summed E-state index contributed by atoms with van der Waals surface area (Å²) in [5.74, 6) is -3.26. The number of rotatable bonds is 9. The fourth-order valence-corrected chi connectivity index (χ4v) is 7.55. The van der Waals surface area contributed by atoms with Gasteiger partial charge in [0.1, 0.15) is 23.7 Å². The number of benzene rings is 4. The molecule has 1 saturated heterocycles. The van der Waals surface area contributed by atoms with Gasteiger partial charge in [-0.05, 0) is 134 Å². The summed E-state index contributed by atoms with van der Waals surface area (Å²) in [5.41, 5.74) is 4.00. The van der Waals surface area contributed by atoms with Gasteiger partial charge < -0.3 is 14.8 Å². The number of Topliss-reactive ketones (excluding diaryl/α,β-unsaturated/α-hetero) is 1. The van der Waals surface area contributed by atoms with Crippen molar-refractivity contribution >= 4 is 23.8 Å².